The molecule has 0 radical (unpaired) electrons. The molecule has 0 aromatic carbocycles. The molecule has 3 N–H and O–H groups in total. The molecule has 0 aliphatic carbocycles. The van der Waals surface area contributed by atoms with Gasteiger partial charge in [0.15, 0.2) is 0 Å². The second-order valence-electron chi connectivity index (χ2n) is 18.9. The monoisotopic (exact) mass is 898 g/mol. The van der Waals surface area contributed by atoms with E-state index in [0.717, 1.165) is 51.4 Å². The normalized spacial score (nSPS) is 13.0. The number of aliphatic hydroxyl groups is 2. The van der Waals surface area contributed by atoms with Gasteiger partial charge in [-0.3, -0.25) is 9.59 Å². The molecule has 64 heavy (non-hydrogen) atoms. The van der Waals surface area contributed by atoms with E-state index in [-0.39, 0.29) is 18.5 Å². The number of carbonyl (C=O) groups excluding carboxylic acids is 2. The van der Waals surface area contributed by atoms with Crippen molar-refractivity contribution in [2.24, 2.45) is 0 Å². The van der Waals surface area contributed by atoms with Crippen molar-refractivity contribution < 1.29 is 24.5 Å². The summed E-state index contributed by atoms with van der Waals surface area (Å²) in [6.45, 7) is 4.83. The summed E-state index contributed by atoms with van der Waals surface area (Å²) < 4.78 is 5.46. The third-order valence-electron chi connectivity index (χ3n) is 12.6. The van der Waals surface area contributed by atoms with Crippen LogP contribution in [0.15, 0.2) is 48.6 Å². The molecule has 0 rings (SSSR count). The molecule has 0 aromatic heterocycles. The first-order valence-corrected chi connectivity index (χ1v) is 27.9. The van der Waals surface area contributed by atoms with Crippen molar-refractivity contribution in [2.75, 3.05) is 13.2 Å². The first kappa shape index (κ1) is 61.8. The van der Waals surface area contributed by atoms with Crippen LogP contribution in [0.4, 0.5) is 0 Å². The van der Waals surface area contributed by atoms with Gasteiger partial charge in [-0.2, -0.15) is 0 Å². The fourth-order valence-corrected chi connectivity index (χ4v) is 8.27. The van der Waals surface area contributed by atoms with Gasteiger partial charge in [-0.25, -0.2) is 0 Å². The van der Waals surface area contributed by atoms with Gasteiger partial charge in [-0.1, -0.05) is 242 Å². The molecule has 1 amide bonds. The first-order valence-electron chi connectivity index (χ1n) is 27.9. The minimum absolute atomic E-state index is 0.0222. The Morgan fingerprint density at radius 2 is 0.797 bits per heavy atom. The lowest BCUT2D eigenvalue weighted by atomic mass is 10.0. The van der Waals surface area contributed by atoms with Crippen molar-refractivity contribution in [2.45, 2.75) is 296 Å². The zero-order chi connectivity index (χ0) is 46.5. The summed E-state index contributed by atoms with van der Waals surface area (Å²) in [7, 11) is 0. The number of nitrogens with one attached hydrogen (secondary N) is 1. The average molecular weight is 898 g/mol. The molecule has 6 heteroatoms. The van der Waals surface area contributed by atoms with Crippen LogP contribution in [0.3, 0.4) is 0 Å². The lowest BCUT2D eigenvalue weighted by molar-refractivity contribution is -0.143. The van der Waals surface area contributed by atoms with Gasteiger partial charge in [0.1, 0.15) is 0 Å². The standard InChI is InChI=1S/C58H107NO5/c1-3-5-7-9-11-13-15-17-19-21-23-26-30-34-38-42-46-50-56(61)55(54-60)59-57(62)51-47-43-39-35-31-27-25-29-33-37-41-45-49-53-64-58(63)52-48-44-40-36-32-28-24-22-20-18-16-14-12-10-8-6-4-2/h18,20,27,31,39,43,46,50,55-56,60-61H,3-17,19,21-26,28-30,32-38,40-42,44-45,47-49,51-54H2,1-2H3,(H,59,62)/b20-18-,31-27-,43-39-,50-46+. The van der Waals surface area contributed by atoms with Gasteiger partial charge in [0.05, 0.1) is 25.4 Å². The van der Waals surface area contributed by atoms with E-state index in [0.29, 0.717) is 25.9 Å². The topological polar surface area (TPSA) is 95.9 Å². The molecule has 0 saturated carbocycles. The van der Waals surface area contributed by atoms with Crippen LogP contribution in [-0.4, -0.2) is 47.4 Å². The summed E-state index contributed by atoms with van der Waals surface area (Å²) in [6, 6.07) is -0.673. The van der Waals surface area contributed by atoms with Crippen LogP contribution in [-0.2, 0) is 14.3 Å². The molecule has 374 valence electrons. The minimum Gasteiger partial charge on any atom is -0.466 e. The molecule has 0 bridgehead atoms. The van der Waals surface area contributed by atoms with Gasteiger partial charge < -0.3 is 20.3 Å². The van der Waals surface area contributed by atoms with Crippen molar-refractivity contribution in [1.82, 2.24) is 5.32 Å². The predicted molar refractivity (Wildman–Crippen MR) is 278 cm³/mol. The Labute approximate surface area is 397 Å². The smallest absolute Gasteiger partial charge is 0.305 e. The Hall–Kier alpha value is -2.18. The van der Waals surface area contributed by atoms with Crippen LogP contribution in [0, 0.1) is 0 Å². The quantitative estimate of drug-likeness (QED) is 0.0321. The van der Waals surface area contributed by atoms with Gasteiger partial charge >= 0.3 is 5.97 Å². The number of amides is 1. The van der Waals surface area contributed by atoms with Crippen molar-refractivity contribution in [3.8, 4) is 0 Å². The first-order chi connectivity index (χ1) is 31.5. The lowest BCUT2D eigenvalue weighted by Gasteiger charge is -2.19. The molecule has 0 heterocycles. The van der Waals surface area contributed by atoms with Crippen LogP contribution in [0.2, 0.25) is 0 Å². The van der Waals surface area contributed by atoms with Crippen LogP contribution in [0.1, 0.15) is 284 Å². The van der Waals surface area contributed by atoms with Crippen molar-refractivity contribution >= 4 is 11.9 Å². The van der Waals surface area contributed by atoms with E-state index in [4.69, 9.17) is 4.74 Å². The van der Waals surface area contributed by atoms with E-state index < -0.39 is 12.1 Å². The van der Waals surface area contributed by atoms with Crippen LogP contribution >= 0.6 is 0 Å². The summed E-state index contributed by atoms with van der Waals surface area (Å²) in [5, 5.41) is 23.0. The number of rotatable bonds is 51. The molecular weight excluding hydrogens is 791 g/mol. The molecule has 0 aliphatic heterocycles. The third-order valence-corrected chi connectivity index (χ3v) is 12.6. The molecule has 2 unspecified atom stereocenters. The molecule has 0 saturated heterocycles. The van der Waals surface area contributed by atoms with E-state index >= 15 is 0 Å². The molecule has 0 aliphatic rings. The Kier molecular flexibility index (Phi) is 51.6. The lowest BCUT2D eigenvalue weighted by Crippen LogP contribution is -2.45. The number of unbranched alkanes of at least 4 members (excludes halogenated alkanes) is 34. The van der Waals surface area contributed by atoms with Gasteiger partial charge in [0, 0.05) is 12.8 Å². The number of aliphatic hydroxyl groups excluding tert-OH is 2. The average Bonchev–Trinajstić information content (AvgIpc) is 3.29. The maximum atomic E-state index is 12.4. The highest BCUT2D eigenvalue weighted by Gasteiger charge is 2.17. The Balaban J connectivity index is 3.57. The molecule has 0 aromatic rings. The van der Waals surface area contributed by atoms with Crippen molar-refractivity contribution in [3.05, 3.63) is 48.6 Å². The Bertz CT molecular complexity index is 1080. The molecule has 0 fully saturated rings. The molecule has 0 spiro atoms. The van der Waals surface area contributed by atoms with Gasteiger partial charge in [-0.15, -0.1) is 0 Å². The zero-order valence-corrected chi connectivity index (χ0v) is 42.5. The summed E-state index contributed by atoms with van der Waals surface area (Å²) in [5.41, 5.74) is 0. The predicted octanol–water partition coefficient (Wildman–Crippen LogP) is 17.0. The maximum Gasteiger partial charge on any atom is 0.305 e. The Morgan fingerprint density at radius 1 is 0.438 bits per heavy atom. The number of ether oxygens (including phenoxy) is 1. The highest BCUT2D eigenvalue weighted by molar-refractivity contribution is 5.76. The third kappa shape index (κ3) is 49.3. The van der Waals surface area contributed by atoms with E-state index in [1.807, 2.05) is 12.2 Å². The van der Waals surface area contributed by atoms with E-state index in [1.165, 1.54) is 199 Å². The van der Waals surface area contributed by atoms with Gasteiger partial charge in [0.2, 0.25) is 5.91 Å². The molecule has 2 atom stereocenters. The number of hydrogen-bond acceptors (Lipinski definition) is 5. The van der Waals surface area contributed by atoms with Gasteiger partial charge in [0.25, 0.3) is 0 Å². The van der Waals surface area contributed by atoms with E-state index in [1.54, 1.807) is 6.08 Å². The largest absolute Gasteiger partial charge is 0.466 e. The fraction of sp³-hybridized carbons (Fsp3) is 0.828. The van der Waals surface area contributed by atoms with Gasteiger partial charge in [-0.05, 0) is 77.0 Å². The fourth-order valence-electron chi connectivity index (χ4n) is 8.27. The zero-order valence-electron chi connectivity index (χ0n) is 42.5. The minimum atomic E-state index is -0.880. The highest BCUT2D eigenvalue weighted by atomic mass is 16.5. The highest BCUT2D eigenvalue weighted by Crippen LogP contribution is 2.15. The molecular formula is C58H107NO5. The number of esters is 1. The summed E-state index contributed by atoms with van der Waals surface area (Å²) in [5.74, 6) is -0.171. The van der Waals surface area contributed by atoms with E-state index in [2.05, 4.69) is 49.5 Å². The maximum absolute atomic E-state index is 12.4. The van der Waals surface area contributed by atoms with Crippen molar-refractivity contribution in [3.63, 3.8) is 0 Å². The van der Waals surface area contributed by atoms with Crippen LogP contribution < -0.4 is 5.32 Å². The SMILES string of the molecule is CCCCCCCC/C=C\CCCCCCCCCC(=O)OCCCCCCCC/C=C\C/C=C\CCC(=O)NC(CO)C(O)/C=C/CCCCCCCCCCCCCCCCC. The molecule has 6 nitrogen and oxygen atoms in total. The number of allylic oxidation sites excluding steroid dienone is 7. The summed E-state index contributed by atoms with van der Waals surface area (Å²) in [6.07, 6.45) is 67.0. The summed E-state index contributed by atoms with van der Waals surface area (Å²) >= 11 is 0. The second kappa shape index (κ2) is 53.4. The second-order valence-corrected chi connectivity index (χ2v) is 18.9. The summed E-state index contributed by atoms with van der Waals surface area (Å²) in [4.78, 5) is 24.5. The Morgan fingerprint density at radius 3 is 1.23 bits per heavy atom. The number of hydrogen-bond donors (Lipinski definition) is 3. The van der Waals surface area contributed by atoms with Crippen LogP contribution in [0.25, 0.3) is 0 Å². The number of carbonyl (C=O) groups is 2. The van der Waals surface area contributed by atoms with Crippen molar-refractivity contribution in [1.29, 1.82) is 0 Å². The van der Waals surface area contributed by atoms with E-state index in [9.17, 15) is 19.8 Å². The van der Waals surface area contributed by atoms with Crippen LogP contribution in [0.5, 0.6) is 0 Å².